The minimum absolute atomic E-state index is 0.178. The maximum atomic E-state index is 13.3. The van der Waals surface area contributed by atoms with Gasteiger partial charge in [0.25, 0.3) is 0 Å². The number of hydrogen-bond donors (Lipinski definition) is 1. The molecule has 1 aromatic heterocycles. The van der Waals surface area contributed by atoms with Crippen LogP contribution in [0.4, 0.5) is 8.78 Å². The van der Waals surface area contributed by atoms with Gasteiger partial charge in [0.2, 0.25) is 0 Å². The highest BCUT2D eigenvalue weighted by Gasteiger charge is 2.37. The normalized spacial score (nSPS) is 14.7. The number of hydrogen-bond acceptors (Lipinski definition) is 2. The van der Waals surface area contributed by atoms with Crippen molar-refractivity contribution in [2.24, 2.45) is 0 Å². The Hall–Kier alpha value is -1.52. The molecule has 5 heteroatoms. The molecule has 3 nitrogen and oxygen atoms in total. The van der Waals surface area contributed by atoms with E-state index in [0.29, 0.717) is 6.07 Å². The summed E-state index contributed by atoms with van der Waals surface area (Å²) in [7, 11) is 0. The van der Waals surface area contributed by atoms with E-state index in [0.717, 1.165) is 6.20 Å². The zero-order chi connectivity index (χ0) is 11.6. The second kappa shape index (κ2) is 3.92. The lowest BCUT2D eigenvalue weighted by molar-refractivity contribution is -0.143. The molecule has 0 bridgehead atoms. The van der Waals surface area contributed by atoms with Crippen LogP contribution in [0.2, 0.25) is 0 Å². The van der Waals surface area contributed by atoms with Crippen molar-refractivity contribution in [3.8, 4) is 0 Å². The summed E-state index contributed by atoms with van der Waals surface area (Å²) in [4.78, 5) is 14.5. The first kappa shape index (κ1) is 11.6. The lowest BCUT2D eigenvalue weighted by atomic mass is 9.83. The van der Waals surface area contributed by atoms with Gasteiger partial charge in [0.1, 0.15) is 17.0 Å². The molecule has 1 heterocycles. The SMILES string of the molecule is CCC(C)(C(=O)O)c1ncc(F)cc1F. The first-order valence-electron chi connectivity index (χ1n) is 4.46. The van der Waals surface area contributed by atoms with Crippen molar-refractivity contribution in [1.82, 2.24) is 4.98 Å². The summed E-state index contributed by atoms with van der Waals surface area (Å²) in [5, 5.41) is 8.98. The Balaban J connectivity index is 3.30. The monoisotopic (exact) mass is 215 g/mol. The zero-order valence-corrected chi connectivity index (χ0v) is 8.42. The molecule has 0 aromatic carbocycles. The molecule has 1 rings (SSSR count). The minimum Gasteiger partial charge on any atom is -0.481 e. The Morgan fingerprint density at radius 3 is 2.60 bits per heavy atom. The van der Waals surface area contributed by atoms with Gasteiger partial charge in [-0.1, -0.05) is 6.92 Å². The summed E-state index contributed by atoms with van der Waals surface area (Å²) in [6, 6.07) is 0.638. The van der Waals surface area contributed by atoms with E-state index in [1.165, 1.54) is 6.92 Å². The smallest absolute Gasteiger partial charge is 0.315 e. The molecule has 0 aliphatic carbocycles. The van der Waals surface area contributed by atoms with Gasteiger partial charge >= 0.3 is 5.97 Å². The molecule has 0 aliphatic rings. The molecule has 0 radical (unpaired) electrons. The van der Waals surface area contributed by atoms with Crippen LogP contribution in [-0.2, 0) is 10.2 Å². The topological polar surface area (TPSA) is 50.2 Å². The van der Waals surface area contributed by atoms with E-state index in [-0.39, 0.29) is 12.1 Å². The maximum absolute atomic E-state index is 13.3. The summed E-state index contributed by atoms with van der Waals surface area (Å²) >= 11 is 0. The summed E-state index contributed by atoms with van der Waals surface area (Å²) in [5.41, 5.74) is -1.66. The molecule has 0 saturated carbocycles. The van der Waals surface area contributed by atoms with Crippen LogP contribution in [0.1, 0.15) is 26.0 Å². The highest BCUT2D eigenvalue weighted by Crippen LogP contribution is 2.28. The molecule has 1 unspecified atom stereocenters. The Kier molecular flexibility index (Phi) is 3.02. The van der Waals surface area contributed by atoms with Crippen LogP contribution < -0.4 is 0 Å². The van der Waals surface area contributed by atoms with Crippen LogP contribution in [0.3, 0.4) is 0 Å². The van der Waals surface area contributed by atoms with Gasteiger partial charge in [-0.3, -0.25) is 9.78 Å². The predicted molar refractivity (Wildman–Crippen MR) is 49.4 cm³/mol. The van der Waals surface area contributed by atoms with E-state index >= 15 is 0 Å². The van der Waals surface area contributed by atoms with Gasteiger partial charge in [-0.25, -0.2) is 8.78 Å². The van der Waals surface area contributed by atoms with E-state index in [9.17, 15) is 13.6 Å². The summed E-state index contributed by atoms with van der Waals surface area (Å²) in [6.45, 7) is 2.97. The van der Waals surface area contributed by atoms with Gasteiger partial charge < -0.3 is 5.11 Å². The number of nitrogens with zero attached hydrogens (tertiary/aromatic N) is 1. The lowest BCUT2D eigenvalue weighted by Gasteiger charge is -2.22. The molecule has 0 fully saturated rings. The Bertz CT molecular complexity index is 395. The van der Waals surface area contributed by atoms with Crippen LogP contribution in [0, 0.1) is 11.6 Å². The zero-order valence-electron chi connectivity index (χ0n) is 8.42. The second-order valence-electron chi connectivity index (χ2n) is 3.47. The highest BCUT2D eigenvalue weighted by molar-refractivity contribution is 5.80. The van der Waals surface area contributed by atoms with Crippen molar-refractivity contribution in [2.45, 2.75) is 25.7 Å². The first-order chi connectivity index (χ1) is 6.91. The molecule has 1 aromatic rings. The van der Waals surface area contributed by atoms with Crippen molar-refractivity contribution in [3.05, 3.63) is 29.6 Å². The average molecular weight is 215 g/mol. The lowest BCUT2D eigenvalue weighted by Crippen LogP contribution is -2.33. The van der Waals surface area contributed by atoms with Gasteiger partial charge in [-0.15, -0.1) is 0 Å². The van der Waals surface area contributed by atoms with E-state index in [1.807, 2.05) is 0 Å². The number of carboxylic acids is 1. The number of carboxylic acid groups (broad SMARTS) is 1. The third-order valence-corrected chi connectivity index (χ3v) is 2.51. The van der Waals surface area contributed by atoms with Crippen molar-refractivity contribution in [1.29, 1.82) is 0 Å². The molecule has 0 saturated heterocycles. The first-order valence-corrected chi connectivity index (χ1v) is 4.46. The Morgan fingerprint density at radius 1 is 1.60 bits per heavy atom. The molecule has 1 N–H and O–H groups in total. The predicted octanol–water partition coefficient (Wildman–Crippen LogP) is 2.11. The fourth-order valence-electron chi connectivity index (χ4n) is 1.24. The molecule has 1 atom stereocenters. The number of carbonyl (C=O) groups is 1. The molecular weight excluding hydrogens is 204 g/mol. The van der Waals surface area contributed by atoms with Gasteiger partial charge in [0.15, 0.2) is 0 Å². The van der Waals surface area contributed by atoms with Crippen LogP contribution in [0.25, 0.3) is 0 Å². The average Bonchev–Trinajstić information content (AvgIpc) is 2.16. The Labute approximate surface area is 85.8 Å². The number of aromatic nitrogens is 1. The minimum atomic E-state index is -1.42. The highest BCUT2D eigenvalue weighted by atomic mass is 19.1. The summed E-state index contributed by atoms with van der Waals surface area (Å²) in [5.74, 6) is -2.93. The quantitative estimate of drug-likeness (QED) is 0.840. The fraction of sp³-hybridized carbons (Fsp3) is 0.400. The van der Waals surface area contributed by atoms with E-state index in [4.69, 9.17) is 5.11 Å². The number of halogens is 2. The van der Waals surface area contributed by atoms with Crippen LogP contribution in [0.15, 0.2) is 12.3 Å². The molecule has 0 spiro atoms. The fourth-order valence-corrected chi connectivity index (χ4v) is 1.24. The molecule has 0 aliphatic heterocycles. The van der Waals surface area contributed by atoms with Gasteiger partial charge in [0, 0.05) is 6.07 Å². The van der Waals surface area contributed by atoms with Crippen molar-refractivity contribution < 1.29 is 18.7 Å². The third kappa shape index (κ3) is 1.95. The maximum Gasteiger partial charge on any atom is 0.315 e. The molecule has 82 valence electrons. The van der Waals surface area contributed by atoms with Gasteiger partial charge in [-0.2, -0.15) is 0 Å². The van der Waals surface area contributed by atoms with Crippen molar-refractivity contribution in [2.75, 3.05) is 0 Å². The van der Waals surface area contributed by atoms with E-state index < -0.39 is 23.0 Å². The molecule has 0 amide bonds. The van der Waals surface area contributed by atoms with Crippen LogP contribution in [0.5, 0.6) is 0 Å². The summed E-state index contributed by atoms with van der Waals surface area (Å²) < 4.78 is 25.9. The summed E-state index contributed by atoms with van der Waals surface area (Å²) in [6.07, 6.45) is 0.993. The van der Waals surface area contributed by atoms with Gasteiger partial charge in [-0.05, 0) is 13.3 Å². The Morgan fingerprint density at radius 2 is 2.20 bits per heavy atom. The van der Waals surface area contributed by atoms with Crippen molar-refractivity contribution in [3.63, 3.8) is 0 Å². The van der Waals surface area contributed by atoms with E-state index in [2.05, 4.69) is 4.98 Å². The van der Waals surface area contributed by atoms with Crippen molar-refractivity contribution >= 4 is 5.97 Å². The second-order valence-corrected chi connectivity index (χ2v) is 3.47. The largest absolute Gasteiger partial charge is 0.481 e. The standard InChI is InChI=1S/C10H11F2NO2/c1-3-10(2,9(14)15)8-7(12)4-6(11)5-13-8/h4-5H,3H2,1-2H3,(H,14,15). The number of rotatable bonds is 3. The third-order valence-electron chi connectivity index (χ3n) is 2.51. The van der Waals surface area contributed by atoms with E-state index in [1.54, 1.807) is 6.92 Å². The van der Waals surface area contributed by atoms with Crippen LogP contribution in [-0.4, -0.2) is 16.1 Å². The number of aliphatic carboxylic acids is 1. The van der Waals surface area contributed by atoms with Gasteiger partial charge in [0.05, 0.1) is 11.9 Å². The molecular formula is C10H11F2NO2. The van der Waals surface area contributed by atoms with Crippen LogP contribution >= 0.6 is 0 Å². The molecule has 15 heavy (non-hydrogen) atoms. The number of pyridine rings is 1.